The number of hydrogen-bond acceptors (Lipinski definition) is 3. The molecule has 0 unspecified atom stereocenters. The van der Waals surface area contributed by atoms with Crippen LogP contribution in [0.4, 0.5) is 0 Å². The predicted molar refractivity (Wildman–Crippen MR) is 121 cm³/mol. The molecule has 2 aromatic rings. The van der Waals surface area contributed by atoms with Crippen LogP contribution in [0.25, 0.3) is 0 Å². The molecule has 4 nitrogen and oxygen atoms in total. The summed E-state index contributed by atoms with van der Waals surface area (Å²) in [5.41, 5.74) is 2.21. The van der Waals surface area contributed by atoms with Gasteiger partial charge in [0.05, 0.1) is 5.75 Å². The molecule has 0 bridgehead atoms. The third kappa shape index (κ3) is 7.58. The van der Waals surface area contributed by atoms with E-state index in [1.54, 1.807) is 4.90 Å². The first-order chi connectivity index (χ1) is 13.9. The number of carbonyl (C=O) groups is 2. The van der Waals surface area contributed by atoms with Gasteiger partial charge < -0.3 is 10.2 Å². The van der Waals surface area contributed by atoms with Crippen LogP contribution in [0, 0.1) is 12.8 Å². The largest absolute Gasteiger partial charge is 0.354 e. The van der Waals surface area contributed by atoms with Crippen LogP contribution in [0.3, 0.4) is 0 Å². The maximum atomic E-state index is 13.2. The van der Waals surface area contributed by atoms with Gasteiger partial charge in [-0.25, -0.2) is 0 Å². The Morgan fingerprint density at radius 2 is 1.69 bits per heavy atom. The molecule has 2 rings (SSSR count). The first kappa shape index (κ1) is 23.0. The van der Waals surface area contributed by atoms with Gasteiger partial charge in [-0.05, 0) is 37.0 Å². The van der Waals surface area contributed by atoms with Gasteiger partial charge >= 0.3 is 0 Å². The molecule has 0 spiro atoms. The molecular weight excluding hydrogens is 380 g/mol. The van der Waals surface area contributed by atoms with Crippen molar-refractivity contribution in [1.29, 1.82) is 0 Å². The fourth-order valence-corrected chi connectivity index (χ4v) is 3.78. The highest BCUT2D eigenvalue weighted by Gasteiger charge is 2.28. The third-order valence-corrected chi connectivity index (χ3v) is 5.65. The van der Waals surface area contributed by atoms with E-state index in [1.165, 1.54) is 17.3 Å². The van der Waals surface area contributed by atoms with E-state index < -0.39 is 6.04 Å². The van der Waals surface area contributed by atoms with E-state index >= 15 is 0 Å². The molecule has 0 aromatic heterocycles. The highest BCUT2D eigenvalue weighted by atomic mass is 32.2. The maximum absolute atomic E-state index is 13.2. The fourth-order valence-electron chi connectivity index (χ4n) is 2.98. The van der Waals surface area contributed by atoms with Gasteiger partial charge in [0, 0.05) is 18.0 Å². The Kier molecular flexibility index (Phi) is 9.26. The van der Waals surface area contributed by atoms with Crippen LogP contribution in [0.5, 0.6) is 0 Å². The second-order valence-corrected chi connectivity index (χ2v) is 8.72. The summed E-state index contributed by atoms with van der Waals surface area (Å²) in [6, 6.07) is 17.5. The monoisotopic (exact) mass is 412 g/mol. The Bertz CT molecular complexity index is 775. The van der Waals surface area contributed by atoms with Crippen LogP contribution >= 0.6 is 11.8 Å². The SMILES string of the molecule is CC[C@@H](C(=O)NCC(C)C)N(Cc1ccc(C)cc1)C(=O)CSc1ccccc1. The lowest BCUT2D eigenvalue weighted by Gasteiger charge is -2.31. The van der Waals surface area contributed by atoms with Crippen molar-refractivity contribution in [2.45, 2.75) is 51.6 Å². The standard InChI is InChI=1S/C24H32N2O2S/c1-5-22(24(28)25-15-18(2)3)26(16-20-13-11-19(4)12-14-20)23(27)17-29-21-9-7-6-8-10-21/h6-14,18,22H,5,15-17H2,1-4H3,(H,25,28)/t22-/m0/s1. The number of nitrogens with one attached hydrogen (secondary N) is 1. The average Bonchev–Trinajstić information content (AvgIpc) is 2.72. The molecule has 0 heterocycles. The van der Waals surface area contributed by atoms with E-state index in [4.69, 9.17) is 0 Å². The Hall–Kier alpha value is -2.27. The van der Waals surface area contributed by atoms with Gasteiger partial charge in [0.15, 0.2) is 0 Å². The summed E-state index contributed by atoms with van der Waals surface area (Å²) >= 11 is 1.50. The molecule has 0 aliphatic rings. The quantitative estimate of drug-likeness (QED) is 0.577. The molecule has 5 heteroatoms. The second kappa shape index (κ2) is 11.7. The van der Waals surface area contributed by atoms with Crippen molar-refractivity contribution in [2.75, 3.05) is 12.3 Å². The van der Waals surface area contributed by atoms with Crippen LogP contribution in [0.15, 0.2) is 59.5 Å². The van der Waals surface area contributed by atoms with Crippen molar-refractivity contribution in [2.24, 2.45) is 5.92 Å². The van der Waals surface area contributed by atoms with Gasteiger partial charge in [0.25, 0.3) is 0 Å². The maximum Gasteiger partial charge on any atom is 0.242 e. The molecule has 2 amide bonds. The van der Waals surface area contributed by atoms with Gasteiger partial charge in [-0.2, -0.15) is 0 Å². The first-order valence-electron chi connectivity index (χ1n) is 10.2. The Morgan fingerprint density at radius 3 is 2.28 bits per heavy atom. The molecule has 0 aliphatic carbocycles. The summed E-state index contributed by atoms with van der Waals surface area (Å²) in [6.45, 7) is 9.17. The first-order valence-corrected chi connectivity index (χ1v) is 11.2. The lowest BCUT2D eigenvalue weighted by molar-refractivity contribution is -0.139. The lowest BCUT2D eigenvalue weighted by Crippen LogP contribution is -2.50. The van der Waals surface area contributed by atoms with Crippen molar-refractivity contribution >= 4 is 23.6 Å². The highest BCUT2D eigenvalue weighted by molar-refractivity contribution is 8.00. The van der Waals surface area contributed by atoms with E-state index in [0.29, 0.717) is 31.2 Å². The minimum atomic E-state index is -0.473. The number of nitrogens with zero attached hydrogens (tertiary/aromatic N) is 1. The van der Waals surface area contributed by atoms with Gasteiger partial charge in [-0.1, -0.05) is 68.8 Å². The van der Waals surface area contributed by atoms with Crippen LogP contribution in [-0.2, 0) is 16.1 Å². The smallest absolute Gasteiger partial charge is 0.242 e. The summed E-state index contributed by atoms with van der Waals surface area (Å²) in [7, 11) is 0. The van der Waals surface area contributed by atoms with Crippen molar-refractivity contribution < 1.29 is 9.59 Å². The van der Waals surface area contributed by atoms with E-state index in [1.807, 2.05) is 68.4 Å². The number of aryl methyl sites for hydroxylation is 1. The van der Waals surface area contributed by atoms with E-state index in [9.17, 15) is 9.59 Å². The summed E-state index contributed by atoms with van der Waals surface area (Å²) in [4.78, 5) is 28.8. The molecule has 2 aromatic carbocycles. The molecule has 0 radical (unpaired) electrons. The normalized spacial score (nSPS) is 11.9. The van der Waals surface area contributed by atoms with Gasteiger partial charge in [0.2, 0.25) is 11.8 Å². The van der Waals surface area contributed by atoms with E-state index in [0.717, 1.165) is 10.5 Å². The molecule has 0 saturated heterocycles. The minimum Gasteiger partial charge on any atom is -0.354 e. The topological polar surface area (TPSA) is 49.4 Å². The molecule has 1 atom stereocenters. The fraction of sp³-hybridized carbons (Fsp3) is 0.417. The molecular formula is C24H32N2O2S. The zero-order chi connectivity index (χ0) is 21.2. The van der Waals surface area contributed by atoms with Gasteiger partial charge in [-0.3, -0.25) is 9.59 Å². The molecule has 0 fully saturated rings. The van der Waals surface area contributed by atoms with Crippen LogP contribution in [0.2, 0.25) is 0 Å². The summed E-state index contributed by atoms with van der Waals surface area (Å²) in [5, 5.41) is 3.00. The summed E-state index contributed by atoms with van der Waals surface area (Å²) in [5.74, 6) is 0.577. The zero-order valence-electron chi connectivity index (χ0n) is 17.9. The third-order valence-electron chi connectivity index (χ3n) is 4.65. The Morgan fingerprint density at radius 1 is 1.03 bits per heavy atom. The molecule has 0 saturated carbocycles. The number of carbonyl (C=O) groups excluding carboxylic acids is 2. The summed E-state index contributed by atoms with van der Waals surface area (Å²) < 4.78 is 0. The lowest BCUT2D eigenvalue weighted by atomic mass is 10.1. The number of benzene rings is 2. The average molecular weight is 413 g/mol. The minimum absolute atomic E-state index is 0.0222. The number of hydrogen-bond donors (Lipinski definition) is 1. The van der Waals surface area contributed by atoms with Crippen molar-refractivity contribution in [3.63, 3.8) is 0 Å². The second-order valence-electron chi connectivity index (χ2n) is 7.67. The van der Waals surface area contributed by atoms with Crippen molar-refractivity contribution in [3.8, 4) is 0 Å². The van der Waals surface area contributed by atoms with Crippen molar-refractivity contribution in [3.05, 3.63) is 65.7 Å². The van der Waals surface area contributed by atoms with E-state index in [-0.39, 0.29) is 11.8 Å². The highest BCUT2D eigenvalue weighted by Crippen LogP contribution is 2.20. The number of rotatable bonds is 10. The molecule has 29 heavy (non-hydrogen) atoms. The Labute approximate surface area is 179 Å². The molecule has 156 valence electrons. The summed E-state index contributed by atoms with van der Waals surface area (Å²) in [6.07, 6.45) is 0.581. The van der Waals surface area contributed by atoms with Crippen LogP contribution < -0.4 is 5.32 Å². The van der Waals surface area contributed by atoms with Crippen LogP contribution in [0.1, 0.15) is 38.3 Å². The molecule has 0 aliphatic heterocycles. The zero-order valence-corrected chi connectivity index (χ0v) is 18.7. The van der Waals surface area contributed by atoms with E-state index in [2.05, 4.69) is 19.2 Å². The van der Waals surface area contributed by atoms with Crippen molar-refractivity contribution in [1.82, 2.24) is 10.2 Å². The molecule has 1 N–H and O–H groups in total. The number of thioether (sulfide) groups is 1. The number of amides is 2. The predicted octanol–water partition coefficient (Wildman–Crippen LogP) is 4.67. The van der Waals surface area contributed by atoms with Gasteiger partial charge in [-0.15, -0.1) is 11.8 Å². The Balaban J connectivity index is 2.16. The van der Waals surface area contributed by atoms with Crippen LogP contribution in [-0.4, -0.2) is 35.1 Å². The van der Waals surface area contributed by atoms with Gasteiger partial charge in [0.1, 0.15) is 6.04 Å².